The Morgan fingerprint density at radius 3 is 2.57 bits per heavy atom. The zero-order chi connectivity index (χ0) is 19.9. The average Bonchev–Trinajstić information content (AvgIpc) is 3.08. The molecule has 0 atom stereocenters. The van der Waals surface area contributed by atoms with E-state index >= 15 is 0 Å². The minimum atomic E-state index is -0.347. The number of amides is 2. The van der Waals surface area contributed by atoms with Gasteiger partial charge in [0.15, 0.2) is 0 Å². The Hall–Kier alpha value is -3.35. The number of hydrogen-bond acceptors (Lipinski definition) is 4. The Morgan fingerprint density at radius 2 is 1.79 bits per heavy atom. The number of imidazole rings is 1. The van der Waals surface area contributed by atoms with E-state index in [-0.39, 0.29) is 18.4 Å². The maximum absolute atomic E-state index is 12.3. The van der Waals surface area contributed by atoms with E-state index in [1.54, 1.807) is 24.3 Å². The van der Waals surface area contributed by atoms with Crippen molar-refractivity contribution < 1.29 is 14.3 Å². The number of aromatic nitrogens is 2. The van der Waals surface area contributed by atoms with Crippen LogP contribution >= 0.6 is 0 Å². The molecule has 3 rings (SSSR count). The van der Waals surface area contributed by atoms with Gasteiger partial charge < -0.3 is 19.9 Å². The summed E-state index contributed by atoms with van der Waals surface area (Å²) in [5.41, 5.74) is 2.34. The Kier molecular flexibility index (Phi) is 6.26. The summed E-state index contributed by atoms with van der Waals surface area (Å²) in [5, 5.41) is 5.44. The summed E-state index contributed by atoms with van der Waals surface area (Å²) in [6.45, 7) is 5.29. The largest absolute Gasteiger partial charge is 0.493 e. The summed E-state index contributed by atoms with van der Waals surface area (Å²) in [7, 11) is 0. The number of fused-ring (bicyclic) bond motifs is 1. The highest BCUT2D eigenvalue weighted by molar-refractivity contribution is 5.98. The van der Waals surface area contributed by atoms with Crippen LogP contribution in [0.25, 0.3) is 11.0 Å². The van der Waals surface area contributed by atoms with Gasteiger partial charge in [-0.2, -0.15) is 0 Å². The van der Waals surface area contributed by atoms with Crippen molar-refractivity contribution in [1.82, 2.24) is 20.2 Å². The van der Waals surface area contributed by atoms with Crippen molar-refractivity contribution in [2.45, 2.75) is 26.9 Å². The molecular weight excluding hydrogens is 356 g/mol. The predicted octanol–water partition coefficient (Wildman–Crippen LogP) is 2.50. The summed E-state index contributed by atoms with van der Waals surface area (Å²) >= 11 is 0. The quantitative estimate of drug-likeness (QED) is 0.629. The third-order valence-electron chi connectivity index (χ3n) is 4.33. The lowest BCUT2D eigenvalue weighted by Crippen LogP contribution is -2.37. The standard InChI is InChI=1S/C21H24N4O3/c1-3-25-17-11-7-6-10-16(17)24-19(25)13-22-20(26)14-23-21(27)15-9-5-8-12-18(15)28-4-2/h5-12H,3-4,13-14H2,1-2H3,(H,22,26)(H,23,27). The molecule has 1 aromatic heterocycles. The molecule has 7 heteroatoms. The van der Waals surface area contributed by atoms with Gasteiger partial charge >= 0.3 is 0 Å². The number of carbonyl (C=O) groups excluding carboxylic acids is 2. The van der Waals surface area contributed by atoms with Crippen molar-refractivity contribution in [3.63, 3.8) is 0 Å². The third kappa shape index (κ3) is 4.31. The Bertz CT molecular complexity index is 981. The average molecular weight is 380 g/mol. The van der Waals surface area contributed by atoms with Gasteiger partial charge in [0, 0.05) is 6.54 Å². The fraction of sp³-hybridized carbons (Fsp3) is 0.286. The van der Waals surface area contributed by atoms with Gasteiger partial charge in [0.05, 0.1) is 36.3 Å². The normalized spacial score (nSPS) is 10.6. The molecule has 3 aromatic rings. The first-order valence-corrected chi connectivity index (χ1v) is 9.34. The molecule has 0 fully saturated rings. The van der Waals surface area contributed by atoms with Crippen LogP contribution in [0.1, 0.15) is 30.0 Å². The first-order valence-electron chi connectivity index (χ1n) is 9.34. The van der Waals surface area contributed by atoms with E-state index in [2.05, 4.69) is 20.2 Å². The molecule has 0 unspecified atom stereocenters. The number of nitrogens with one attached hydrogen (secondary N) is 2. The second-order valence-corrected chi connectivity index (χ2v) is 6.15. The van der Waals surface area contributed by atoms with Crippen molar-refractivity contribution in [2.24, 2.45) is 0 Å². The van der Waals surface area contributed by atoms with E-state index < -0.39 is 0 Å². The predicted molar refractivity (Wildman–Crippen MR) is 107 cm³/mol. The molecule has 2 amide bonds. The minimum Gasteiger partial charge on any atom is -0.493 e. The molecule has 0 spiro atoms. The van der Waals surface area contributed by atoms with Crippen molar-refractivity contribution in [1.29, 1.82) is 0 Å². The monoisotopic (exact) mass is 380 g/mol. The lowest BCUT2D eigenvalue weighted by Gasteiger charge is -2.11. The van der Waals surface area contributed by atoms with E-state index in [9.17, 15) is 9.59 Å². The molecule has 2 N–H and O–H groups in total. The van der Waals surface area contributed by atoms with Crippen LogP contribution in [0.5, 0.6) is 5.75 Å². The van der Waals surface area contributed by atoms with Crippen LogP contribution in [0.3, 0.4) is 0 Å². The molecule has 0 saturated heterocycles. The van der Waals surface area contributed by atoms with Gasteiger partial charge in [0.2, 0.25) is 5.91 Å². The van der Waals surface area contributed by atoms with Gasteiger partial charge in [-0.15, -0.1) is 0 Å². The zero-order valence-electron chi connectivity index (χ0n) is 16.1. The van der Waals surface area contributed by atoms with Crippen LogP contribution in [-0.2, 0) is 17.9 Å². The molecule has 0 radical (unpaired) electrons. The highest BCUT2D eigenvalue weighted by Gasteiger charge is 2.14. The zero-order valence-corrected chi connectivity index (χ0v) is 16.1. The van der Waals surface area contributed by atoms with Crippen molar-refractivity contribution in [3.05, 3.63) is 59.9 Å². The summed E-state index contributed by atoms with van der Waals surface area (Å²) < 4.78 is 7.51. The maximum Gasteiger partial charge on any atom is 0.255 e. The summed E-state index contributed by atoms with van der Waals surface area (Å²) in [5.74, 6) is 0.654. The number of benzene rings is 2. The second kappa shape index (κ2) is 9.03. The van der Waals surface area contributed by atoms with Crippen LogP contribution in [0.4, 0.5) is 0 Å². The molecular formula is C21H24N4O3. The van der Waals surface area contributed by atoms with E-state index in [0.717, 1.165) is 23.4 Å². The summed E-state index contributed by atoms with van der Waals surface area (Å²) in [6.07, 6.45) is 0. The number of hydrogen-bond donors (Lipinski definition) is 2. The molecule has 1 heterocycles. The number of carbonyl (C=O) groups is 2. The maximum atomic E-state index is 12.3. The van der Waals surface area contributed by atoms with E-state index in [0.29, 0.717) is 24.5 Å². The number of nitrogens with zero attached hydrogens (tertiary/aromatic N) is 2. The fourth-order valence-corrected chi connectivity index (χ4v) is 3.04. The Morgan fingerprint density at radius 1 is 1.04 bits per heavy atom. The van der Waals surface area contributed by atoms with Crippen LogP contribution < -0.4 is 15.4 Å². The second-order valence-electron chi connectivity index (χ2n) is 6.15. The molecule has 2 aromatic carbocycles. The lowest BCUT2D eigenvalue weighted by molar-refractivity contribution is -0.120. The van der Waals surface area contributed by atoms with Crippen LogP contribution in [0.2, 0.25) is 0 Å². The first-order chi connectivity index (χ1) is 13.6. The van der Waals surface area contributed by atoms with E-state index in [4.69, 9.17) is 4.74 Å². The van der Waals surface area contributed by atoms with Gasteiger partial charge in [-0.05, 0) is 38.1 Å². The van der Waals surface area contributed by atoms with Crippen LogP contribution in [0.15, 0.2) is 48.5 Å². The summed E-state index contributed by atoms with van der Waals surface area (Å²) in [6, 6.07) is 14.8. The van der Waals surface area contributed by atoms with Crippen LogP contribution in [0, 0.1) is 0 Å². The number of para-hydroxylation sites is 3. The minimum absolute atomic E-state index is 0.119. The van der Waals surface area contributed by atoms with E-state index in [1.165, 1.54) is 0 Å². The molecule has 7 nitrogen and oxygen atoms in total. The number of ether oxygens (including phenoxy) is 1. The van der Waals surface area contributed by atoms with Crippen molar-refractivity contribution in [3.8, 4) is 5.75 Å². The fourth-order valence-electron chi connectivity index (χ4n) is 3.04. The third-order valence-corrected chi connectivity index (χ3v) is 4.33. The van der Waals surface area contributed by atoms with Gasteiger partial charge in [-0.3, -0.25) is 9.59 Å². The Labute approximate surface area is 163 Å². The van der Waals surface area contributed by atoms with Crippen molar-refractivity contribution in [2.75, 3.05) is 13.2 Å². The lowest BCUT2D eigenvalue weighted by atomic mass is 10.2. The number of aryl methyl sites for hydroxylation is 1. The summed E-state index contributed by atoms with van der Waals surface area (Å²) in [4.78, 5) is 29.1. The highest BCUT2D eigenvalue weighted by atomic mass is 16.5. The molecule has 0 aliphatic rings. The molecule has 0 saturated carbocycles. The molecule has 0 bridgehead atoms. The SMILES string of the molecule is CCOc1ccccc1C(=O)NCC(=O)NCc1nc2ccccc2n1CC. The number of rotatable bonds is 8. The highest BCUT2D eigenvalue weighted by Crippen LogP contribution is 2.18. The Balaban J connectivity index is 1.57. The molecule has 28 heavy (non-hydrogen) atoms. The van der Waals surface area contributed by atoms with Gasteiger partial charge in [-0.25, -0.2) is 4.98 Å². The molecule has 146 valence electrons. The smallest absolute Gasteiger partial charge is 0.255 e. The molecule has 0 aliphatic heterocycles. The van der Waals surface area contributed by atoms with Gasteiger partial charge in [0.25, 0.3) is 5.91 Å². The van der Waals surface area contributed by atoms with Crippen LogP contribution in [-0.4, -0.2) is 34.5 Å². The van der Waals surface area contributed by atoms with Gasteiger partial charge in [-0.1, -0.05) is 24.3 Å². The first kappa shape index (κ1) is 19.4. The van der Waals surface area contributed by atoms with Gasteiger partial charge in [0.1, 0.15) is 11.6 Å². The van der Waals surface area contributed by atoms with E-state index in [1.807, 2.05) is 38.1 Å². The molecule has 0 aliphatic carbocycles. The topological polar surface area (TPSA) is 85.2 Å². The van der Waals surface area contributed by atoms with Crippen molar-refractivity contribution >= 4 is 22.8 Å².